The van der Waals surface area contributed by atoms with Crippen LogP contribution in [0.25, 0.3) is 0 Å². The molecule has 9 heteroatoms. The normalized spacial score (nSPS) is 17.3. The third-order valence-electron chi connectivity index (χ3n) is 4.48. The predicted molar refractivity (Wildman–Crippen MR) is 93.5 cm³/mol. The molecule has 1 aromatic heterocycles. The van der Waals surface area contributed by atoms with E-state index in [9.17, 15) is 18.0 Å². The first-order valence-electron chi connectivity index (χ1n) is 8.19. The molecule has 26 heavy (non-hydrogen) atoms. The molecule has 5 nitrogen and oxygen atoms in total. The number of nitrogens with zero attached hydrogens (tertiary/aromatic N) is 3. The Morgan fingerprint density at radius 1 is 1.15 bits per heavy atom. The van der Waals surface area contributed by atoms with Gasteiger partial charge in [0.2, 0.25) is 0 Å². The summed E-state index contributed by atoms with van der Waals surface area (Å²) in [5.74, 6) is 0. The highest BCUT2D eigenvalue weighted by molar-refractivity contribution is 6.32. The SMILES string of the molecule is O=c1[nH]ncc(N2CCN(C(CC(F)(F)F)c3ccccc3)CC2)c1Cl. The molecule has 3 rings (SSSR count). The van der Waals surface area contributed by atoms with Crippen LogP contribution in [0.2, 0.25) is 5.02 Å². The van der Waals surface area contributed by atoms with Crippen LogP contribution in [0.4, 0.5) is 18.9 Å². The van der Waals surface area contributed by atoms with Crippen molar-refractivity contribution in [2.75, 3.05) is 31.1 Å². The summed E-state index contributed by atoms with van der Waals surface area (Å²) in [6.07, 6.45) is -3.69. The van der Waals surface area contributed by atoms with E-state index in [0.717, 1.165) is 0 Å². The molecule has 1 atom stereocenters. The second-order valence-corrected chi connectivity index (χ2v) is 6.55. The molecule has 0 bridgehead atoms. The van der Waals surface area contributed by atoms with Crippen LogP contribution in [0.15, 0.2) is 41.3 Å². The van der Waals surface area contributed by atoms with Gasteiger partial charge in [0.1, 0.15) is 5.02 Å². The van der Waals surface area contributed by atoms with Crippen molar-refractivity contribution in [2.45, 2.75) is 18.6 Å². The van der Waals surface area contributed by atoms with E-state index in [1.165, 1.54) is 6.20 Å². The molecule has 2 aromatic rings. The lowest BCUT2D eigenvalue weighted by Gasteiger charge is -2.40. The van der Waals surface area contributed by atoms with Gasteiger partial charge in [0.05, 0.1) is 18.3 Å². The van der Waals surface area contributed by atoms with Gasteiger partial charge in [-0.3, -0.25) is 9.69 Å². The van der Waals surface area contributed by atoms with Crippen molar-refractivity contribution >= 4 is 17.3 Å². The van der Waals surface area contributed by atoms with E-state index in [-0.39, 0.29) is 5.02 Å². The second-order valence-electron chi connectivity index (χ2n) is 6.17. The number of hydrogen-bond acceptors (Lipinski definition) is 4. The zero-order chi connectivity index (χ0) is 18.7. The lowest BCUT2D eigenvalue weighted by atomic mass is 10.0. The van der Waals surface area contributed by atoms with E-state index < -0.39 is 24.2 Å². The molecule has 1 fully saturated rings. The molecule has 1 N–H and O–H groups in total. The number of rotatable bonds is 4. The third-order valence-corrected chi connectivity index (χ3v) is 4.85. The Kier molecular flexibility index (Phi) is 5.52. The van der Waals surface area contributed by atoms with Crippen LogP contribution in [-0.4, -0.2) is 47.5 Å². The minimum Gasteiger partial charge on any atom is -0.366 e. The molecule has 0 aliphatic carbocycles. The topological polar surface area (TPSA) is 52.2 Å². The Morgan fingerprint density at radius 2 is 1.81 bits per heavy atom. The predicted octanol–water partition coefficient (Wildman–Crippen LogP) is 3.24. The Hall–Kier alpha value is -2.06. The number of hydrogen-bond donors (Lipinski definition) is 1. The Morgan fingerprint density at radius 3 is 2.42 bits per heavy atom. The summed E-state index contributed by atoms with van der Waals surface area (Å²) in [4.78, 5) is 15.3. The molecular formula is C17H18ClF3N4O. The Bertz CT molecular complexity index is 789. The van der Waals surface area contributed by atoms with Crippen molar-refractivity contribution in [3.63, 3.8) is 0 Å². The third kappa shape index (κ3) is 4.37. The van der Waals surface area contributed by atoms with Crippen LogP contribution in [0.1, 0.15) is 18.0 Å². The fraction of sp³-hybridized carbons (Fsp3) is 0.412. The molecule has 0 radical (unpaired) electrons. The average molecular weight is 387 g/mol. The van der Waals surface area contributed by atoms with Crippen molar-refractivity contribution in [1.82, 2.24) is 15.1 Å². The molecule has 1 aliphatic heterocycles. The minimum atomic E-state index is -4.25. The van der Waals surface area contributed by atoms with E-state index >= 15 is 0 Å². The summed E-state index contributed by atoms with van der Waals surface area (Å²) in [6, 6.07) is 7.99. The number of anilines is 1. The number of nitrogens with one attached hydrogen (secondary N) is 1. The summed E-state index contributed by atoms with van der Waals surface area (Å²) >= 11 is 6.02. The van der Waals surface area contributed by atoms with Gasteiger partial charge in [-0.25, -0.2) is 5.10 Å². The fourth-order valence-corrected chi connectivity index (χ4v) is 3.43. The highest BCUT2D eigenvalue weighted by atomic mass is 35.5. The van der Waals surface area contributed by atoms with Crippen LogP contribution in [-0.2, 0) is 0 Å². The lowest BCUT2D eigenvalue weighted by Crippen LogP contribution is -2.48. The van der Waals surface area contributed by atoms with E-state index in [1.807, 2.05) is 9.80 Å². The first-order valence-corrected chi connectivity index (χ1v) is 8.57. The molecule has 1 aromatic carbocycles. The first kappa shape index (κ1) is 18.7. The molecule has 1 aliphatic rings. The lowest BCUT2D eigenvalue weighted by molar-refractivity contribution is -0.148. The molecular weight excluding hydrogens is 369 g/mol. The first-order chi connectivity index (χ1) is 12.3. The van der Waals surface area contributed by atoms with Gasteiger partial charge in [0, 0.05) is 32.2 Å². The van der Waals surface area contributed by atoms with E-state index in [1.54, 1.807) is 30.3 Å². The highest BCUT2D eigenvalue weighted by Crippen LogP contribution is 2.35. The van der Waals surface area contributed by atoms with Gasteiger partial charge in [-0.1, -0.05) is 41.9 Å². The fourth-order valence-electron chi connectivity index (χ4n) is 3.22. The van der Waals surface area contributed by atoms with Gasteiger partial charge in [-0.2, -0.15) is 18.3 Å². The van der Waals surface area contributed by atoms with Crippen molar-refractivity contribution in [1.29, 1.82) is 0 Å². The molecule has 1 unspecified atom stereocenters. The zero-order valence-corrected chi connectivity index (χ0v) is 14.6. The van der Waals surface area contributed by atoms with Crippen molar-refractivity contribution in [2.24, 2.45) is 0 Å². The van der Waals surface area contributed by atoms with Crippen LogP contribution in [0.5, 0.6) is 0 Å². The summed E-state index contributed by atoms with van der Waals surface area (Å²) in [7, 11) is 0. The van der Waals surface area contributed by atoms with Gasteiger partial charge >= 0.3 is 6.18 Å². The standard InChI is InChI=1S/C17H18ClF3N4O/c18-15-14(11-22-23-16(15)26)25-8-6-24(7-9-25)13(10-17(19,20)21)12-4-2-1-3-5-12/h1-5,11,13H,6-10H2,(H,23,26). The van der Waals surface area contributed by atoms with Crippen molar-refractivity contribution in [3.8, 4) is 0 Å². The highest BCUT2D eigenvalue weighted by Gasteiger charge is 2.36. The smallest absolute Gasteiger partial charge is 0.366 e. The summed E-state index contributed by atoms with van der Waals surface area (Å²) in [5, 5.41) is 6.04. The van der Waals surface area contributed by atoms with Crippen molar-refractivity contribution < 1.29 is 13.2 Å². The summed E-state index contributed by atoms with van der Waals surface area (Å²) in [5.41, 5.74) is 0.669. The monoisotopic (exact) mass is 386 g/mol. The van der Waals surface area contributed by atoms with E-state index in [2.05, 4.69) is 10.2 Å². The maximum atomic E-state index is 13.1. The number of halogens is 4. The van der Waals surface area contributed by atoms with Crippen LogP contribution >= 0.6 is 11.6 Å². The molecule has 0 amide bonds. The van der Waals surface area contributed by atoms with Crippen LogP contribution in [0, 0.1) is 0 Å². The van der Waals surface area contributed by atoms with Crippen LogP contribution < -0.4 is 10.5 Å². The quantitative estimate of drug-likeness (QED) is 0.876. The Labute approximate surface area is 153 Å². The van der Waals surface area contributed by atoms with E-state index in [0.29, 0.717) is 37.4 Å². The number of piperazine rings is 1. The maximum Gasteiger partial charge on any atom is 0.390 e. The van der Waals surface area contributed by atoms with Gasteiger partial charge in [0.15, 0.2) is 0 Å². The number of aromatic amines is 1. The van der Waals surface area contributed by atoms with Gasteiger partial charge in [-0.05, 0) is 5.56 Å². The molecule has 140 valence electrons. The molecule has 0 saturated carbocycles. The molecule has 2 heterocycles. The molecule has 0 spiro atoms. The van der Waals surface area contributed by atoms with Crippen LogP contribution in [0.3, 0.4) is 0 Å². The van der Waals surface area contributed by atoms with Crippen molar-refractivity contribution in [3.05, 3.63) is 57.5 Å². The average Bonchev–Trinajstić information content (AvgIpc) is 2.62. The number of alkyl halides is 3. The number of H-pyrrole nitrogens is 1. The second kappa shape index (κ2) is 7.67. The van der Waals surface area contributed by atoms with E-state index in [4.69, 9.17) is 11.6 Å². The largest absolute Gasteiger partial charge is 0.390 e. The van der Waals surface area contributed by atoms with Gasteiger partial charge in [-0.15, -0.1) is 0 Å². The maximum absolute atomic E-state index is 13.1. The Balaban J connectivity index is 1.75. The summed E-state index contributed by atoms with van der Waals surface area (Å²) in [6.45, 7) is 1.79. The minimum absolute atomic E-state index is 0.0448. The van der Waals surface area contributed by atoms with Gasteiger partial charge < -0.3 is 4.90 Å². The number of benzene rings is 1. The summed E-state index contributed by atoms with van der Waals surface area (Å²) < 4.78 is 39.3. The van der Waals surface area contributed by atoms with Gasteiger partial charge in [0.25, 0.3) is 5.56 Å². The molecule has 1 saturated heterocycles. The zero-order valence-electron chi connectivity index (χ0n) is 13.8. The number of aromatic nitrogens is 2.